The summed E-state index contributed by atoms with van der Waals surface area (Å²) < 4.78 is 0. The summed E-state index contributed by atoms with van der Waals surface area (Å²) in [6, 6.07) is 6.70. The van der Waals surface area contributed by atoms with Crippen molar-refractivity contribution < 1.29 is 14.7 Å². The maximum absolute atomic E-state index is 11.5. The van der Waals surface area contributed by atoms with E-state index in [1.165, 1.54) is 6.08 Å². The van der Waals surface area contributed by atoms with E-state index in [1.807, 2.05) is 24.3 Å². The van der Waals surface area contributed by atoms with Crippen LogP contribution in [-0.2, 0) is 16.0 Å². The van der Waals surface area contributed by atoms with Gasteiger partial charge in [0.25, 0.3) is 0 Å². The van der Waals surface area contributed by atoms with E-state index in [2.05, 4.69) is 16.9 Å². The first-order valence-electron chi connectivity index (χ1n) is 6.30. The molecule has 104 valence electrons. The fourth-order valence-corrected chi connectivity index (χ4v) is 2.10. The summed E-state index contributed by atoms with van der Waals surface area (Å²) in [6.07, 6.45) is 3.57. The number of carbonyl (C=O) groups is 2. The average Bonchev–Trinajstić information content (AvgIpc) is 2.82. The number of fused-ring (bicyclic) bond motifs is 1. The van der Waals surface area contributed by atoms with Crippen molar-refractivity contribution >= 4 is 22.8 Å². The third kappa shape index (κ3) is 3.06. The summed E-state index contributed by atoms with van der Waals surface area (Å²) in [4.78, 5) is 25.8. The summed E-state index contributed by atoms with van der Waals surface area (Å²) in [5, 5.41) is 12.7. The molecule has 2 rings (SSSR count). The Hall–Kier alpha value is -2.56. The van der Waals surface area contributed by atoms with Crippen LogP contribution in [0.15, 0.2) is 43.1 Å². The van der Waals surface area contributed by atoms with Gasteiger partial charge in [-0.05, 0) is 11.6 Å². The molecule has 3 N–H and O–H groups in total. The zero-order chi connectivity index (χ0) is 14.5. The minimum Gasteiger partial charge on any atom is -0.480 e. The second kappa shape index (κ2) is 6.06. The van der Waals surface area contributed by atoms with E-state index in [0.717, 1.165) is 16.5 Å². The normalized spacial score (nSPS) is 12.0. The first kappa shape index (κ1) is 13.9. The Balaban J connectivity index is 2.17. The Morgan fingerprint density at radius 3 is 2.85 bits per heavy atom. The molecule has 1 aromatic heterocycles. The van der Waals surface area contributed by atoms with Gasteiger partial charge < -0.3 is 15.4 Å². The van der Waals surface area contributed by atoms with Crippen molar-refractivity contribution in [2.75, 3.05) is 0 Å². The van der Waals surface area contributed by atoms with E-state index >= 15 is 0 Å². The highest BCUT2D eigenvalue weighted by molar-refractivity contribution is 5.87. The summed E-state index contributed by atoms with van der Waals surface area (Å²) in [6.45, 7) is 3.46. The monoisotopic (exact) mass is 272 g/mol. The van der Waals surface area contributed by atoms with Gasteiger partial charge in [-0.2, -0.15) is 0 Å². The molecule has 20 heavy (non-hydrogen) atoms. The molecule has 0 radical (unpaired) electrons. The van der Waals surface area contributed by atoms with Gasteiger partial charge in [-0.3, -0.25) is 4.79 Å². The molecule has 1 unspecified atom stereocenters. The lowest BCUT2D eigenvalue weighted by molar-refractivity contribution is -0.141. The Morgan fingerprint density at radius 2 is 2.15 bits per heavy atom. The third-order valence-electron chi connectivity index (χ3n) is 3.06. The molecule has 1 amide bonds. The quantitative estimate of drug-likeness (QED) is 0.702. The van der Waals surface area contributed by atoms with Gasteiger partial charge in [-0.1, -0.05) is 24.3 Å². The zero-order valence-corrected chi connectivity index (χ0v) is 10.9. The molecule has 0 fully saturated rings. The molecule has 5 heteroatoms. The Morgan fingerprint density at radius 1 is 1.40 bits per heavy atom. The number of carboxylic acid groups (broad SMARTS) is 1. The lowest BCUT2D eigenvalue weighted by Gasteiger charge is -2.13. The van der Waals surface area contributed by atoms with E-state index in [-0.39, 0.29) is 18.7 Å². The summed E-state index contributed by atoms with van der Waals surface area (Å²) in [5.41, 5.74) is 1.82. The first-order valence-corrected chi connectivity index (χ1v) is 6.30. The minimum absolute atomic E-state index is 0.109. The topological polar surface area (TPSA) is 82.2 Å². The molecular weight excluding hydrogens is 256 g/mol. The van der Waals surface area contributed by atoms with Gasteiger partial charge in [0.05, 0.1) is 0 Å². The predicted molar refractivity (Wildman–Crippen MR) is 76.4 cm³/mol. The van der Waals surface area contributed by atoms with Crippen LogP contribution in [-0.4, -0.2) is 28.0 Å². The fraction of sp³-hybridized carbons (Fsp3) is 0.200. The van der Waals surface area contributed by atoms with Crippen LogP contribution >= 0.6 is 0 Å². The smallest absolute Gasteiger partial charge is 0.326 e. The van der Waals surface area contributed by atoms with E-state index in [9.17, 15) is 14.7 Å². The maximum Gasteiger partial charge on any atom is 0.326 e. The van der Waals surface area contributed by atoms with Crippen LogP contribution in [0.2, 0.25) is 0 Å². The van der Waals surface area contributed by atoms with Crippen LogP contribution in [0.4, 0.5) is 0 Å². The fourth-order valence-electron chi connectivity index (χ4n) is 2.10. The van der Waals surface area contributed by atoms with Crippen LogP contribution in [0.1, 0.15) is 12.0 Å². The number of aromatic nitrogens is 1. The van der Waals surface area contributed by atoms with Crippen molar-refractivity contribution in [2.45, 2.75) is 18.9 Å². The molecule has 0 saturated carbocycles. The van der Waals surface area contributed by atoms with Gasteiger partial charge >= 0.3 is 5.97 Å². The Kier molecular flexibility index (Phi) is 4.20. The number of amides is 1. The molecule has 5 nitrogen and oxygen atoms in total. The molecule has 0 bridgehead atoms. The molecule has 1 atom stereocenters. The SMILES string of the molecule is C=CCC(=O)NC(Cc1c[nH]c2ccccc12)C(=O)O. The molecule has 0 aliphatic carbocycles. The van der Waals surface area contributed by atoms with Crippen molar-refractivity contribution in [2.24, 2.45) is 0 Å². The van der Waals surface area contributed by atoms with Crippen molar-refractivity contribution in [1.82, 2.24) is 10.3 Å². The second-order valence-electron chi connectivity index (χ2n) is 4.51. The molecule has 0 saturated heterocycles. The largest absolute Gasteiger partial charge is 0.480 e. The van der Waals surface area contributed by atoms with Gasteiger partial charge in [0.1, 0.15) is 6.04 Å². The molecule has 0 aliphatic heterocycles. The van der Waals surface area contributed by atoms with Gasteiger partial charge in [0.15, 0.2) is 0 Å². The lowest BCUT2D eigenvalue weighted by atomic mass is 10.0. The highest BCUT2D eigenvalue weighted by Crippen LogP contribution is 2.19. The minimum atomic E-state index is -1.05. The van der Waals surface area contributed by atoms with Crippen molar-refractivity contribution in [1.29, 1.82) is 0 Å². The van der Waals surface area contributed by atoms with Gasteiger partial charge in [0.2, 0.25) is 5.91 Å². The second-order valence-corrected chi connectivity index (χ2v) is 4.51. The number of benzene rings is 1. The van der Waals surface area contributed by atoms with Crippen LogP contribution < -0.4 is 5.32 Å². The lowest BCUT2D eigenvalue weighted by Crippen LogP contribution is -2.42. The van der Waals surface area contributed by atoms with Gasteiger partial charge in [0, 0.05) is 29.9 Å². The summed E-state index contributed by atoms with van der Waals surface area (Å²) >= 11 is 0. The molecule has 2 aromatic rings. The van der Waals surface area contributed by atoms with Crippen LogP contribution in [0, 0.1) is 0 Å². The number of hydrogen-bond acceptors (Lipinski definition) is 2. The number of rotatable bonds is 6. The number of H-pyrrole nitrogens is 1. The van der Waals surface area contributed by atoms with E-state index < -0.39 is 12.0 Å². The molecular formula is C15H16N2O3. The van der Waals surface area contributed by atoms with E-state index in [1.54, 1.807) is 6.20 Å². The summed E-state index contributed by atoms with van der Waals surface area (Å²) in [5.74, 6) is -1.39. The van der Waals surface area contributed by atoms with Crippen LogP contribution in [0.5, 0.6) is 0 Å². The molecule has 0 aliphatic rings. The predicted octanol–water partition coefficient (Wildman–Crippen LogP) is 1.86. The number of aromatic amines is 1. The van der Waals surface area contributed by atoms with Crippen molar-refractivity contribution in [3.63, 3.8) is 0 Å². The maximum atomic E-state index is 11.5. The molecule has 0 spiro atoms. The third-order valence-corrected chi connectivity index (χ3v) is 3.06. The first-order chi connectivity index (χ1) is 9.61. The number of hydrogen-bond donors (Lipinski definition) is 3. The number of carboxylic acids is 1. The standard InChI is InChI=1S/C15H16N2O3/c1-2-5-14(18)17-13(15(19)20)8-10-9-16-12-7-4-3-6-11(10)12/h2-4,6-7,9,13,16H,1,5,8H2,(H,17,18)(H,19,20). The van der Waals surface area contributed by atoms with Crippen LogP contribution in [0.25, 0.3) is 10.9 Å². The molecule has 1 heterocycles. The van der Waals surface area contributed by atoms with Crippen LogP contribution in [0.3, 0.4) is 0 Å². The zero-order valence-electron chi connectivity index (χ0n) is 10.9. The number of para-hydroxylation sites is 1. The van der Waals surface area contributed by atoms with Crippen molar-refractivity contribution in [3.8, 4) is 0 Å². The number of carbonyl (C=O) groups excluding carboxylic acids is 1. The average molecular weight is 272 g/mol. The highest BCUT2D eigenvalue weighted by Gasteiger charge is 2.21. The van der Waals surface area contributed by atoms with Crippen molar-refractivity contribution in [3.05, 3.63) is 48.7 Å². The van der Waals surface area contributed by atoms with E-state index in [4.69, 9.17) is 0 Å². The van der Waals surface area contributed by atoms with Gasteiger partial charge in [-0.25, -0.2) is 4.79 Å². The number of nitrogens with one attached hydrogen (secondary N) is 2. The molecule has 1 aromatic carbocycles. The Bertz CT molecular complexity index is 645. The van der Waals surface area contributed by atoms with Gasteiger partial charge in [-0.15, -0.1) is 6.58 Å². The van der Waals surface area contributed by atoms with E-state index in [0.29, 0.717) is 0 Å². The summed E-state index contributed by atoms with van der Waals surface area (Å²) in [7, 11) is 0. The Labute approximate surface area is 116 Å². The number of aliphatic carboxylic acids is 1. The highest BCUT2D eigenvalue weighted by atomic mass is 16.4.